The summed E-state index contributed by atoms with van der Waals surface area (Å²) in [5.41, 5.74) is 2.10. The van der Waals surface area contributed by atoms with Gasteiger partial charge in [-0.3, -0.25) is 13.9 Å². The number of nitrogens with zero attached hydrogens (tertiary/aromatic N) is 2. The smallest absolute Gasteiger partial charge is 0.244 e. The molecule has 0 aliphatic heterocycles. The van der Waals surface area contributed by atoms with Gasteiger partial charge in [-0.05, 0) is 37.5 Å². The molecule has 0 radical (unpaired) electrons. The summed E-state index contributed by atoms with van der Waals surface area (Å²) in [4.78, 5) is 28.1. The zero-order valence-corrected chi connectivity index (χ0v) is 21.8. The zero-order chi connectivity index (χ0) is 25.3. The minimum Gasteiger partial charge on any atom is -0.354 e. The Morgan fingerprint density at radius 1 is 1.09 bits per heavy atom. The highest BCUT2D eigenvalue weighted by Gasteiger charge is 2.32. The van der Waals surface area contributed by atoms with E-state index in [-0.39, 0.29) is 23.2 Å². The van der Waals surface area contributed by atoms with Crippen LogP contribution in [-0.2, 0) is 26.2 Å². The summed E-state index contributed by atoms with van der Waals surface area (Å²) in [6.07, 6.45) is 3.19. The summed E-state index contributed by atoms with van der Waals surface area (Å²) >= 11 is 6.25. The van der Waals surface area contributed by atoms with Crippen LogP contribution in [0.25, 0.3) is 0 Å². The first-order valence-corrected chi connectivity index (χ1v) is 13.7. The maximum atomic E-state index is 13.6. The van der Waals surface area contributed by atoms with Crippen molar-refractivity contribution in [3.05, 3.63) is 64.7 Å². The van der Waals surface area contributed by atoms with E-state index in [9.17, 15) is 18.0 Å². The maximum Gasteiger partial charge on any atom is 0.244 e. The molecular formula is C25H34ClN3O4S. The molecule has 0 saturated carbocycles. The van der Waals surface area contributed by atoms with Crippen molar-refractivity contribution in [2.24, 2.45) is 0 Å². The third-order valence-corrected chi connectivity index (χ3v) is 6.90. The monoisotopic (exact) mass is 507 g/mol. The molecule has 1 atom stereocenters. The number of carbonyl (C=O) groups is 2. The van der Waals surface area contributed by atoms with Crippen molar-refractivity contribution in [1.82, 2.24) is 10.2 Å². The van der Waals surface area contributed by atoms with E-state index in [1.54, 1.807) is 24.3 Å². The molecule has 0 aliphatic rings. The Morgan fingerprint density at radius 2 is 1.79 bits per heavy atom. The molecule has 2 rings (SSSR count). The normalized spacial score (nSPS) is 12.1. The van der Waals surface area contributed by atoms with Crippen molar-refractivity contribution in [3.63, 3.8) is 0 Å². The van der Waals surface area contributed by atoms with Gasteiger partial charge in [-0.2, -0.15) is 0 Å². The minimum absolute atomic E-state index is 0.181. The third-order valence-electron chi connectivity index (χ3n) is 5.45. The maximum absolute atomic E-state index is 13.6. The number of hydrogen-bond donors (Lipinski definition) is 1. The second kappa shape index (κ2) is 12.8. The zero-order valence-electron chi connectivity index (χ0n) is 20.3. The first-order valence-electron chi connectivity index (χ1n) is 11.4. The van der Waals surface area contributed by atoms with Gasteiger partial charge in [-0.1, -0.05) is 73.8 Å². The Morgan fingerprint density at radius 3 is 2.38 bits per heavy atom. The van der Waals surface area contributed by atoms with Crippen LogP contribution >= 0.6 is 11.6 Å². The predicted molar refractivity (Wildman–Crippen MR) is 137 cm³/mol. The second-order valence-corrected chi connectivity index (χ2v) is 10.6. The Bertz CT molecular complexity index is 1090. The average molecular weight is 508 g/mol. The molecule has 2 aromatic carbocycles. The van der Waals surface area contributed by atoms with Crippen LogP contribution in [0, 0.1) is 6.92 Å². The van der Waals surface area contributed by atoms with Crippen molar-refractivity contribution in [3.8, 4) is 0 Å². The Kier molecular flexibility index (Phi) is 10.4. The van der Waals surface area contributed by atoms with Crippen molar-refractivity contribution < 1.29 is 18.0 Å². The number of para-hydroxylation sites is 1. The molecule has 0 fully saturated rings. The molecule has 0 heterocycles. The van der Waals surface area contributed by atoms with Gasteiger partial charge in [0.2, 0.25) is 21.8 Å². The SMILES string of the molecule is CCCCNC(=O)[C@@H](CC)N(Cc1cccc(C)c1)C(=O)CN(c1ccccc1Cl)S(C)(=O)=O. The van der Waals surface area contributed by atoms with Crippen LogP contribution in [0.4, 0.5) is 5.69 Å². The summed E-state index contributed by atoms with van der Waals surface area (Å²) in [7, 11) is -3.82. The summed E-state index contributed by atoms with van der Waals surface area (Å²) in [5, 5.41) is 3.12. The number of halogens is 1. The lowest BCUT2D eigenvalue weighted by Gasteiger charge is -2.33. The Hall–Kier alpha value is -2.58. The topological polar surface area (TPSA) is 86.8 Å². The molecule has 2 aromatic rings. The molecular weight excluding hydrogens is 474 g/mol. The number of anilines is 1. The van der Waals surface area contributed by atoms with Crippen LogP contribution in [0.3, 0.4) is 0 Å². The van der Waals surface area contributed by atoms with E-state index in [1.807, 2.05) is 45.0 Å². The van der Waals surface area contributed by atoms with E-state index in [0.717, 1.165) is 34.5 Å². The van der Waals surface area contributed by atoms with Crippen LogP contribution in [0.5, 0.6) is 0 Å². The molecule has 7 nitrogen and oxygen atoms in total. The van der Waals surface area contributed by atoms with E-state index in [1.165, 1.54) is 4.90 Å². The highest BCUT2D eigenvalue weighted by molar-refractivity contribution is 7.92. The van der Waals surface area contributed by atoms with E-state index in [2.05, 4.69) is 5.32 Å². The quantitative estimate of drug-likeness (QED) is 0.437. The standard InChI is InChI=1S/C25H34ClN3O4S/c1-5-7-15-27-25(31)22(6-2)28(17-20-12-10-11-19(3)16-20)24(30)18-29(34(4,32)33)23-14-9-8-13-21(23)26/h8-14,16,22H,5-7,15,17-18H2,1-4H3,(H,27,31)/t22-/m1/s1. The van der Waals surface area contributed by atoms with Crippen LogP contribution in [0.2, 0.25) is 5.02 Å². The third kappa shape index (κ3) is 7.74. The van der Waals surface area contributed by atoms with Gasteiger partial charge < -0.3 is 10.2 Å². The highest BCUT2D eigenvalue weighted by atomic mass is 35.5. The van der Waals surface area contributed by atoms with Crippen LogP contribution in [0.1, 0.15) is 44.2 Å². The molecule has 1 N–H and O–H groups in total. The second-order valence-electron chi connectivity index (χ2n) is 8.30. The lowest BCUT2D eigenvalue weighted by atomic mass is 10.1. The fraction of sp³-hybridized carbons (Fsp3) is 0.440. The van der Waals surface area contributed by atoms with E-state index < -0.39 is 28.5 Å². The number of hydrogen-bond acceptors (Lipinski definition) is 4. The minimum atomic E-state index is -3.82. The fourth-order valence-corrected chi connectivity index (χ4v) is 4.83. The summed E-state index contributed by atoms with van der Waals surface area (Å²) in [6, 6.07) is 13.4. The van der Waals surface area contributed by atoms with Crippen molar-refractivity contribution in [2.45, 2.75) is 52.6 Å². The molecule has 0 spiro atoms. The molecule has 0 unspecified atom stereocenters. The van der Waals surface area contributed by atoms with Gasteiger partial charge in [0, 0.05) is 13.1 Å². The van der Waals surface area contributed by atoms with Crippen LogP contribution in [0.15, 0.2) is 48.5 Å². The number of benzene rings is 2. The van der Waals surface area contributed by atoms with Crippen LogP contribution < -0.4 is 9.62 Å². The van der Waals surface area contributed by atoms with Gasteiger partial charge >= 0.3 is 0 Å². The largest absolute Gasteiger partial charge is 0.354 e. The molecule has 2 amide bonds. The fourth-order valence-electron chi connectivity index (χ4n) is 3.68. The molecule has 34 heavy (non-hydrogen) atoms. The lowest BCUT2D eigenvalue weighted by Crippen LogP contribution is -2.52. The number of aryl methyl sites for hydroxylation is 1. The number of carbonyl (C=O) groups excluding carboxylic acids is 2. The molecule has 0 saturated heterocycles. The van der Waals surface area contributed by atoms with Gasteiger partial charge in [0.1, 0.15) is 12.6 Å². The van der Waals surface area contributed by atoms with Crippen molar-refractivity contribution in [1.29, 1.82) is 0 Å². The first-order chi connectivity index (χ1) is 16.1. The van der Waals surface area contributed by atoms with Crippen molar-refractivity contribution in [2.75, 3.05) is 23.7 Å². The Labute approximate surface area is 208 Å². The molecule has 9 heteroatoms. The molecule has 0 aliphatic carbocycles. The van der Waals surface area contributed by atoms with Gasteiger partial charge in [0.05, 0.1) is 17.0 Å². The molecule has 0 aromatic heterocycles. The average Bonchev–Trinajstić information content (AvgIpc) is 2.77. The van der Waals surface area contributed by atoms with Gasteiger partial charge in [0.15, 0.2) is 0 Å². The molecule has 186 valence electrons. The number of amides is 2. The lowest BCUT2D eigenvalue weighted by molar-refractivity contribution is -0.140. The van der Waals surface area contributed by atoms with Gasteiger partial charge in [-0.25, -0.2) is 8.42 Å². The summed E-state index contributed by atoms with van der Waals surface area (Å²) in [6.45, 7) is 6.06. The van der Waals surface area contributed by atoms with E-state index in [4.69, 9.17) is 11.6 Å². The number of unbranched alkanes of at least 4 members (excludes halogenated alkanes) is 1. The van der Waals surface area contributed by atoms with Crippen LogP contribution in [-0.4, -0.2) is 50.5 Å². The van der Waals surface area contributed by atoms with E-state index in [0.29, 0.717) is 13.0 Å². The van der Waals surface area contributed by atoms with Gasteiger partial charge in [0.25, 0.3) is 0 Å². The number of sulfonamides is 1. The number of nitrogens with one attached hydrogen (secondary N) is 1. The summed E-state index contributed by atoms with van der Waals surface area (Å²) in [5.74, 6) is -0.732. The van der Waals surface area contributed by atoms with Gasteiger partial charge in [-0.15, -0.1) is 0 Å². The molecule has 0 bridgehead atoms. The number of rotatable bonds is 12. The first kappa shape index (κ1) is 27.7. The van der Waals surface area contributed by atoms with Crippen molar-refractivity contribution >= 4 is 39.1 Å². The predicted octanol–water partition coefficient (Wildman–Crippen LogP) is 4.14. The highest BCUT2D eigenvalue weighted by Crippen LogP contribution is 2.27. The summed E-state index contributed by atoms with van der Waals surface area (Å²) < 4.78 is 26.2. The van der Waals surface area contributed by atoms with E-state index >= 15 is 0 Å². The Balaban J connectivity index is 2.41.